The van der Waals surface area contributed by atoms with Gasteiger partial charge in [-0.25, -0.2) is 4.79 Å². The first-order valence-corrected chi connectivity index (χ1v) is 7.11. The van der Waals surface area contributed by atoms with Crippen LogP contribution in [0.5, 0.6) is 0 Å². The molecule has 0 amide bonds. The Bertz CT molecular complexity index is 359. The predicted octanol–water partition coefficient (Wildman–Crippen LogP) is 2.66. The SMILES string of the molecule is CC(C)CC1(CC(C)C)OC(=O)C2=C1CNCC2. The van der Waals surface area contributed by atoms with Gasteiger partial charge in [0.25, 0.3) is 0 Å². The van der Waals surface area contributed by atoms with Crippen molar-refractivity contribution in [2.45, 2.75) is 52.6 Å². The third kappa shape index (κ3) is 2.46. The lowest BCUT2D eigenvalue weighted by molar-refractivity contribution is -0.149. The van der Waals surface area contributed by atoms with E-state index in [1.807, 2.05) is 0 Å². The molecule has 0 aliphatic carbocycles. The summed E-state index contributed by atoms with van der Waals surface area (Å²) in [5, 5.41) is 3.39. The van der Waals surface area contributed by atoms with E-state index < -0.39 is 0 Å². The third-order valence-corrected chi connectivity index (χ3v) is 3.78. The van der Waals surface area contributed by atoms with Gasteiger partial charge >= 0.3 is 5.97 Å². The van der Waals surface area contributed by atoms with Crippen LogP contribution in [-0.4, -0.2) is 24.7 Å². The van der Waals surface area contributed by atoms with E-state index >= 15 is 0 Å². The molecular weight excluding hydrogens is 226 g/mol. The second-order valence-corrected chi connectivity index (χ2v) is 6.46. The zero-order chi connectivity index (χ0) is 13.3. The summed E-state index contributed by atoms with van der Waals surface area (Å²) >= 11 is 0. The molecule has 102 valence electrons. The number of carbonyl (C=O) groups is 1. The van der Waals surface area contributed by atoms with Gasteiger partial charge in [-0.15, -0.1) is 0 Å². The maximum atomic E-state index is 12.1. The first-order chi connectivity index (χ1) is 8.44. The van der Waals surface area contributed by atoms with Crippen LogP contribution >= 0.6 is 0 Å². The summed E-state index contributed by atoms with van der Waals surface area (Å²) in [5.41, 5.74) is 1.86. The van der Waals surface area contributed by atoms with Crippen molar-refractivity contribution in [2.24, 2.45) is 11.8 Å². The molecule has 0 radical (unpaired) electrons. The zero-order valence-electron chi connectivity index (χ0n) is 12.0. The van der Waals surface area contributed by atoms with E-state index in [0.29, 0.717) is 11.8 Å². The highest BCUT2D eigenvalue weighted by atomic mass is 16.6. The molecule has 0 spiro atoms. The predicted molar refractivity (Wildman–Crippen MR) is 72.2 cm³/mol. The van der Waals surface area contributed by atoms with Gasteiger partial charge in [0.05, 0.1) is 0 Å². The van der Waals surface area contributed by atoms with E-state index in [4.69, 9.17) is 4.74 Å². The zero-order valence-corrected chi connectivity index (χ0v) is 12.0. The van der Waals surface area contributed by atoms with E-state index in [-0.39, 0.29) is 11.6 Å². The molecule has 2 aliphatic rings. The minimum absolute atomic E-state index is 0.0622. The molecule has 0 bridgehead atoms. The first-order valence-electron chi connectivity index (χ1n) is 7.11. The van der Waals surface area contributed by atoms with Gasteiger partial charge in [0.1, 0.15) is 5.60 Å². The number of carbonyl (C=O) groups excluding carboxylic acids is 1. The van der Waals surface area contributed by atoms with Gasteiger partial charge in [0.2, 0.25) is 0 Å². The summed E-state index contributed by atoms with van der Waals surface area (Å²) in [5.74, 6) is 1.00. The average Bonchev–Trinajstić information content (AvgIpc) is 2.51. The molecule has 0 unspecified atom stereocenters. The molecule has 3 nitrogen and oxygen atoms in total. The minimum atomic E-state index is -0.331. The Morgan fingerprint density at radius 1 is 1.22 bits per heavy atom. The van der Waals surface area contributed by atoms with E-state index in [2.05, 4.69) is 33.0 Å². The Morgan fingerprint density at radius 3 is 2.39 bits per heavy atom. The smallest absolute Gasteiger partial charge is 0.335 e. The van der Waals surface area contributed by atoms with Gasteiger partial charge in [-0.3, -0.25) is 0 Å². The largest absolute Gasteiger partial charge is 0.451 e. The number of hydrogen-bond acceptors (Lipinski definition) is 3. The molecule has 0 aromatic heterocycles. The fraction of sp³-hybridized carbons (Fsp3) is 0.800. The van der Waals surface area contributed by atoms with Crippen molar-refractivity contribution in [3.63, 3.8) is 0 Å². The lowest BCUT2D eigenvalue weighted by Crippen LogP contribution is -2.40. The van der Waals surface area contributed by atoms with Crippen LogP contribution in [0, 0.1) is 11.8 Å². The fourth-order valence-electron chi connectivity index (χ4n) is 3.38. The van der Waals surface area contributed by atoms with Crippen molar-refractivity contribution < 1.29 is 9.53 Å². The Balaban J connectivity index is 2.34. The quantitative estimate of drug-likeness (QED) is 0.781. The minimum Gasteiger partial charge on any atom is -0.451 e. The first kappa shape index (κ1) is 13.6. The summed E-state index contributed by atoms with van der Waals surface area (Å²) in [4.78, 5) is 12.1. The molecule has 1 N–H and O–H groups in total. The Kier molecular flexibility index (Phi) is 3.81. The summed E-state index contributed by atoms with van der Waals surface area (Å²) in [6, 6.07) is 0. The number of nitrogens with one attached hydrogen (secondary N) is 1. The van der Waals surface area contributed by atoms with Crippen LogP contribution in [0.15, 0.2) is 11.1 Å². The van der Waals surface area contributed by atoms with Gasteiger partial charge in [0.15, 0.2) is 0 Å². The van der Waals surface area contributed by atoms with E-state index in [9.17, 15) is 4.79 Å². The molecule has 18 heavy (non-hydrogen) atoms. The van der Waals surface area contributed by atoms with Crippen molar-refractivity contribution in [1.82, 2.24) is 5.32 Å². The molecule has 0 saturated heterocycles. The Hall–Kier alpha value is -0.830. The van der Waals surface area contributed by atoms with Crippen molar-refractivity contribution in [2.75, 3.05) is 13.1 Å². The fourth-order valence-corrected chi connectivity index (χ4v) is 3.38. The average molecular weight is 251 g/mol. The second kappa shape index (κ2) is 5.04. The topological polar surface area (TPSA) is 38.3 Å². The normalized spacial score (nSPS) is 22.7. The lowest BCUT2D eigenvalue weighted by atomic mass is 9.78. The van der Waals surface area contributed by atoms with Crippen molar-refractivity contribution >= 4 is 5.97 Å². The molecule has 0 saturated carbocycles. The maximum Gasteiger partial charge on any atom is 0.335 e. The van der Waals surface area contributed by atoms with Crippen LogP contribution in [0.4, 0.5) is 0 Å². The third-order valence-electron chi connectivity index (χ3n) is 3.78. The number of rotatable bonds is 4. The second-order valence-electron chi connectivity index (χ2n) is 6.46. The Labute approximate surface area is 110 Å². The number of cyclic esters (lactones) is 1. The van der Waals surface area contributed by atoms with E-state index in [1.54, 1.807) is 0 Å². The molecule has 0 aromatic carbocycles. The highest BCUT2D eigenvalue weighted by Gasteiger charge is 2.48. The molecule has 2 heterocycles. The molecule has 2 aliphatic heterocycles. The number of ether oxygens (including phenoxy) is 1. The van der Waals surface area contributed by atoms with Crippen LogP contribution in [0.2, 0.25) is 0 Å². The summed E-state index contributed by atoms with van der Waals surface area (Å²) in [6.45, 7) is 10.5. The van der Waals surface area contributed by atoms with E-state index in [0.717, 1.165) is 37.9 Å². The molecule has 0 fully saturated rings. The van der Waals surface area contributed by atoms with Crippen LogP contribution < -0.4 is 5.32 Å². The molecule has 0 aromatic rings. The van der Waals surface area contributed by atoms with Crippen LogP contribution in [-0.2, 0) is 9.53 Å². The number of hydrogen-bond donors (Lipinski definition) is 1. The van der Waals surface area contributed by atoms with Crippen molar-refractivity contribution in [1.29, 1.82) is 0 Å². The molecule has 2 rings (SSSR count). The Morgan fingerprint density at radius 2 is 1.83 bits per heavy atom. The van der Waals surface area contributed by atoms with Gasteiger partial charge in [-0.05, 0) is 43.2 Å². The number of esters is 1. The van der Waals surface area contributed by atoms with Gasteiger partial charge in [0, 0.05) is 12.1 Å². The van der Waals surface area contributed by atoms with Crippen LogP contribution in [0.3, 0.4) is 0 Å². The monoisotopic (exact) mass is 251 g/mol. The van der Waals surface area contributed by atoms with Gasteiger partial charge in [-0.1, -0.05) is 27.7 Å². The van der Waals surface area contributed by atoms with Crippen molar-refractivity contribution in [3.8, 4) is 0 Å². The molecular formula is C15H25NO2. The van der Waals surface area contributed by atoms with Gasteiger partial charge < -0.3 is 10.1 Å². The summed E-state index contributed by atoms with van der Waals surface area (Å²) < 4.78 is 5.86. The lowest BCUT2D eigenvalue weighted by Gasteiger charge is -2.35. The molecule has 0 atom stereocenters. The van der Waals surface area contributed by atoms with E-state index in [1.165, 1.54) is 5.57 Å². The van der Waals surface area contributed by atoms with Gasteiger partial charge in [-0.2, -0.15) is 0 Å². The molecule has 3 heteroatoms. The standard InChI is InChI=1S/C15H25NO2/c1-10(2)7-15(8-11(3)4)13-9-16-6-5-12(13)14(17)18-15/h10-11,16H,5-9H2,1-4H3. The highest BCUT2D eigenvalue weighted by molar-refractivity contribution is 5.93. The highest BCUT2D eigenvalue weighted by Crippen LogP contribution is 2.43. The summed E-state index contributed by atoms with van der Waals surface area (Å²) in [7, 11) is 0. The van der Waals surface area contributed by atoms with Crippen LogP contribution in [0.1, 0.15) is 47.0 Å². The van der Waals surface area contributed by atoms with Crippen LogP contribution in [0.25, 0.3) is 0 Å². The summed E-state index contributed by atoms with van der Waals surface area (Å²) in [6.07, 6.45) is 2.71. The van der Waals surface area contributed by atoms with Crippen molar-refractivity contribution in [3.05, 3.63) is 11.1 Å². The maximum absolute atomic E-state index is 12.1.